The summed E-state index contributed by atoms with van der Waals surface area (Å²) in [5.41, 5.74) is 1.12. The molecule has 0 bridgehead atoms. The highest BCUT2D eigenvalue weighted by Gasteiger charge is 2.34. The predicted molar refractivity (Wildman–Crippen MR) is 126 cm³/mol. The molecule has 1 aromatic heterocycles. The Bertz CT molecular complexity index is 1210. The molecular weight excluding hydrogens is 443 g/mol. The fraction of sp³-hybridized carbons (Fsp3) is 0.360. The number of alkyl halides is 3. The average molecular weight is 470 g/mol. The van der Waals surface area contributed by atoms with E-state index in [2.05, 4.69) is 20.5 Å². The number of nitrogens with one attached hydrogen (secondary N) is 1. The van der Waals surface area contributed by atoms with Crippen LogP contribution >= 0.6 is 0 Å². The zero-order valence-corrected chi connectivity index (χ0v) is 19.0. The van der Waals surface area contributed by atoms with Gasteiger partial charge in [0.2, 0.25) is 0 Å². The van der Waals surface area contributed by atoms with Crippen molar-refractivity contribution in [2.24, 2.45) is 10.2 Å². The lowest BCUT2D eigenvalue weighted by atomic mass is 9.91. The van der Waals surface area contributed by atoms with Crippen LogP contribution < -0.4 is 10.2 Å². The van der Waals surface area contributed by atoms with Crippen LogP contribution in [0.5, 0.6) is 0 Å². The Morgan fingerprint density at radius 3 is 2.65 bits per heavy atom. The van der Waals surface area contributed by atoms with Gasteiger partial charge in [0.25, 0.3) is 5.91 Å². The second-order valence-corrected chi connectivity index (χ2v) is 8.70. The summed E-state index contributed by atoms with van der Waals surface area (Å²) < 4.78 is 40.1. The van der Waals surface area contributed by atoms with Gasteiger partial charge in [-0.05, 0) is 56.0 Å². The maximum atomic E-state index is 13.4. The number of carbonyl (C=O) groups is 1. The standard InChI is InChI=1S/C25H26F3N5O/c1-33(2)19-10-5-7-16(13-19)24(34)32-31-18-9-6-8-17(14-18)29-22-15-23(25(26,27)28)30-21-12-4-3-11-20(21)22/h3-5,7,10-13,15,17-18H,6,8-9,14H2,1-2H3,(H,29,30)/t17-,18?/m0/s1. The number of amides is 1. The first-order valence-corrected chi connectivity index (χ1v) is 11.2. The number of para-hydroxylation sites is 1. The smallest absolute Gasteiger partial charge is 0.382 e. The second-order valence-electron chi connectivity index (χ2n) is 8.70. The number of halogens is 3. The van der Waals surface area contributed by atoms with Gasteiger partial charge in [-0.25, -0.2) is 4.98 Å². The summed E-state index contributed by atoms with van der Waals surface area (Å²) >= 11 is 0. The molecule has 1 fully saturated rings. The number of carbonyl (C=O) groups excluding carboxylic acids is 1. The molecule has 0 spiro atoms. The van der Waals surface area contributed by atoms with Gasteiger partial charge in [-0.15, -0.1) is 5.11 Å². The number of benzene rings is 2. The molecule has 9 heteroatoms. The Labute approximate surface area is 195 Å². The van der Waals surface area contributed by atoms with Gasteiger partial charge < -0.3 is 10.2 Å². The van der Waals surface area contributed by atoms with Crippen molar-refractivity contribution in [1.29, 1.82) is 0 Å². The molecular formula is C25H26F3N5O. The molecule has 0 saturated heterocycles. The summed E-state index contributed by atoms with van der Waals surface area (Å²) in [4.78, 5) is 18.2. The molecule has 1 heterocycles. The number of hydrogen-bond donors (Lipinski definition) is 1. The van der Waals surface area contributed by atoms with Crippen LogP contribution in [0.2, 0.25) is 0 Å². The van der Waals surface area contributed by atoms with E-state index in [0.29, 0.717) is 23.1 Å². The highest BCUT2D eigenvalue weighted by Crippen LogP contribution is 2.34. The third-order valence-electron chi connectivity index (χ3n) is 5.93. The maximum absolute atomic E-state index is 13.4. The Kier molecular flexibility index (Phi) is 6.81. The van der Waals surface area contributed by atoms with E-state index in [0.717, 1.165) is 31.0 Å². The largest absolute Gasteiger partial charge is 0.433 e. The minimum absolute atomic E-state index is 0.0863. The van der Waals surface area contributed by atoms with Crippen LogP contribution in [0.4, 0.5) is 24.5 Å². The first-order valence-electron chi connectivity index (χ1n) is 11.2. The Morgan fingerprint density at radius 1 is 1.09 bits per heavy atom. The molecule has 2 atom stereocenters. The minimum atomic E-state index is -4.53. The third kappa shape index (κ3) is 5.52. The molecule has 1 saturated carbocycles. The number of aromatic nitrogens is 1. The van der Waals surface area contributed by atoms with Crippen LogP contribution in [0.3, 0.4) is 0 Å². The number of pyridine rings is 1. The molecule has 1 N–H and O–H groups in total. The van der Waals surface area contributed by atoms with Crippen molar-refractivity contribution < 1.29 is 18.0 Å². The summed E-state index contributed by atoms with van der Waals surface area (Å²) in [5, 5.41) is 12.1. The number of anilines is 2. The summed E-state index contributed by atoms with van der Waals surface area (Å²) in [6.45, 7) is 0. The summed E-state index contributed by atoms with van der Waals surface area (Å²) in [7, 11) is 3.79. The monoisotopic (exact) mass is 469 g/mol. The fourth-order valence-electron chi connectivity index (χ4n) is 4.17. The van der Waals surface area contributed by atoms with E-state index in [1.165, 1.54) is 0 Å². The van der Waals surface area contributed by atoms with Gasteiger partial charge in [0.05, 0.1) is 11.6 Å². The molecule has 0 aliphatic heterocycles. The maximum Gasteiger partial charge on any atom is 0.433 e. The fourth-order valence-corrected chi connectivity index (χ4v) is 4.17. The van der Waals surface area contributed by atoms with Crippen LogP contribution in [0.25, 0.3) is 10.9 Å². The Morgan fingerprint density at radius 2 is 1.88 bits per heavy atom. The lowest BCUT2D eigenvalue weighted by Gasteiger charge is -2.28. The van der Waals surface area contributed by atoms with Crippen molar-refractivity contribution in [1.82, 2.24) is 4.98 Å². The van der Waals surface area contributed by atoms with E-state index >= 15 is 0 Å². The molecule has 0 radical (unpaired) electrons. The Hall–Kier alpha value is -3.49. The highest BCUT2D eigenvalue weighted by molar-refractivity contribution is 5.95. The van der Waals surface area contributed by atoms with Gasteiger partial charge in [0.15, 0.2) is 0 Å². The van der Waals surface area contributed by atoms with Crippen LogP contribution in [0, 0.1) is 0 Å². The van der Waals surface area contributed by atoms with E-state index in [1.54, 1.807) is 42.5 Å². The van der Waals surface area contributed by atoms with Crippen LogP contribution in [0.1, 0.15) is 41.7 Å². The van der Waals surface area contributed by atoms with Crippen molar-refractivity contribution in [2.75, 3.05) is 24.3 Å². The Balaban J connectivity index is 1.48. The van der Waals surface area contributed by atoms with Crippen molar-refractivity contribution >= 4 is 28.2 Å². The van der Waals surface area contributed by atoms with E-state index < -0.39 is 17.8 Å². The van der Waals surface area contributed by atoms with E-state index in [9.17, 15) is 18.0 Å². The van der Waals surface area contributed by atoms with Crippen LogP contribution in [-0.2, 0) is 6.18 Å². The van der Waals surface area contributed by atoms with E-state index in [1.807, 2.05) is 25.1 Å². The molecule has 1 unspecified atom stereocenters. The normalized spacial score (nSPS) is 18.9. The summed E-state index contributed by atoms with van der Waals surface area (Å²) in [6, 6.07) is 14.7. The van der Waals surface area contributed by atoms with Gasteiger partial charge in [-0.1, -0.05) is 24.3 Å². The molecule has 1 amide bonds. The van der Waals surface area contributed by atoms with E-state index in [-0.39, 0.29) is 17.6 Å². The molecule has 34 heavy (non-hydrogen) atoms. The zero-order valence-electron chi connectivity index (χ0n) is 19.0. The zero-order chi connectivity index (χ0) is 24.3. The van der Waals surface area contributed by atoms with Crippen LogP contribution in [0.15, 0.2) is 64.8 Å². The van der Waals surface area contributed by atoms with Gasteiger partial charge in [0.1, 0.15) is 5.69 Å². The van der Waals surface area contributed by atoms with Crippen molar-refractivity contribution in [3.63, 3.8) is 0 Å². The summed E-state index contributed by atoms with van der Waals surface area (Å²) in [6.07, 6.45) is -1.55. The summed E-state index contributed by atoms with van der Waals surface area (Å²) in [5.74, 6) is -0.409. The van der Waals surface area contributed by atoms with Crippen molar-refractivity contribution in [2.45, 2.75) is 43.9 Å². The molecule has 6 nitrogen and oxygen atoms in total. The van der Waals surface area contributed by atoms with Crippen LogP contribution in [-0.4, -0.2) is 37.1 Å². The molecule has 1 aliphatic carbocycles. The topological polar surface area (TPSA) is 70.0 Å². The number of nitrogens with zero attached hydrogens (tertiary/aromatic N) is 4. The molecule has 4 rings (SSSR count). The first-order chi connectivity index (χ1) is 16.2. The van der Waals surface area contributed by atoms with Gasteiger partial charge in [0, 0.05) is 42.5 Å². The lowest BCUT2D eigenvalue weighted by molar-refractivity contribution is -0.140. The number of azo groups is 1. The SMILES string of the molecule is CN(C)c1cccc(C(=O)N=NC2CCC[C@H](Nc3cc(C(F)(F)F)nc4ccccc34)C2)c1. The quantitative estimate of drug-likeness (QED) is 0.443. The van der Waals surface area contributed by atoms with Gasteiger partial charge in [-0.2, -0.15) is 18.3 Å². The average Bonchev–Trinajstić information content (AvgIpc) is 2.82. The molecule has 178 valence electrons. The second kappa shape index (κ2) is 9.79. The molecule has 1 aliphatic rings. The highest BCUT2D eigenvalue weighted by atomic mass is 19.4. The number of rotatable bonds is 5. The third-order valence-corrected chi connectivity index (χ3v) is 5.93. The predicted octanol–water partition coefficient (Wildman–Crippen LogP) is 6.34. The number of fused-ring (bicyclic) bond motifs is 1. The molecule has 3 aromatic rings. The van der Waals surface area contributed by atoms with E-state index in [4.69, 9.17) is 0 Å². The van der Waals surface area contributed by atoms with Crippen molar-refractivity contribution in [3.05, 3.63) is 65.9 Å². The number of hydrogen-bond acceptors (Lipinski definition) is 5. The van der Waals surface area contributed by atoms with Gasteiger partial charge in [-0.3, -0.25) is 4.79 Å². The lowest BCUT2D eigenvalue weighted by Crippen LogP contribution is -2.29. The van der Waals surface area contributed by atoms with Crippen molar-refractivity contribution in [3.8, 4) is 0 Å². The van der Waals surface area contributed by atoms with Gasteiger partial charge >= 0.3 is 6.18 Å². The first kappa shape index (κ1) is 23.7. The molecule has 2 aromatic carbocycles. The minimum Gasteiger partial charge on any atom is -0.382 e.